The van der Waals surface area contributed by atoms with Crippen molar-refractivity contribution in [3.8, 4) is 0 Å². The van der Waals surface area contributed by atoms with Gasteiger partial charge in [-0.05, 0) is 30.5 Å². The van der Waals surface area contributed by atoms with Crippen LogP contribution in [0.1, 0.15) is 31.7 Å². The first-order valence-electron chi connectivity index (χ1n) is 6.34. The van der Waals surface area contributed by atoms with Gasteiger partial charge in [0.05, 0.1) is 6.61 Å². The smallest absolute Gasteiger partial charge is 0.377 e. The summed E-state index contributed by atoms with van der Waals surface area (Å²) in [5.41, 5.74) is 0.903. The predicted molar refractivity (Wildman–Crippen MR) is 68.0 cm³/mol. The Bertz CT molecular complexity index is 369. The molecule has 1 aromatic rings. The number of alkyl halides is 3. The lowest BCUT2D eigenvalue weighted by Crippen LogP contribution is -2.09. The molecule has 1 rings (SSSR count). The van der Waals surface area contributed by atoms with Gasteiger partial charge >= 0.3 is 6.18 Å². The third-order valence-corrected chi connectivity index (χ3v) is 2.40. The summed E-state index contributed by atoms with van der Waals surface area (Å²) in [6, 6.07) is 3.64. The summed E-state index contributed by atoms with van der Waals surface area (Å²) in [6.07, 6.45) is -2.24. The normalized spacial score (nSPS) is 11.6. The minimum atomic E-state index is -4.10. The standard InChI is InChI=1S/C13H19F3N2O/c1-2-6-17-12-9-11(4-7-18-12)10-19-8-3-5-13(14,15)16/h4,7,9H,2-3,5-6,8,10H2,1H3,(H,17,18). The zero-order valence-corrected chi connectivity index (χ0v) is 11.0. The summed E-state index contributed by atoms with van der Waals surface area (Å²) < 4.78 is 40.9. The van der Waals surface area contributed by atoms with Crippen molar-refractivity contribution < 1.29 is 17.9 Å². The molecule has 0 unspecified atom stereocenters. The molecule has 0 aliphatic carbocycles. The summed E-state index contributed by atoms with van der Waals surface area (Å²) in [4.78, 5) is 4.14. The Balaban J connectivity index is 2.25. The van der Waals surface area contributed by atoms with Gasteiger partial charge in [-0.1, -0.05) is 6.92 Å². The molecule has 0 amide bonds. The molecule has 0 saturated heterocycles. The molecule has 3 nitrogen and oxygen atoms in total. The first kappa shape index (κ1) is 15.8. The number of nitrogens with zero attached hydrogens (tertiary/aromatic N) is 1. The van der Waals surface area contributed by atoms with Crippen molar-refractivity contribution in [1.82, 2.24) is 4.98 Å². The number of rotatable bonds is 8. The van der Waals surface area contributed by atoms with Crippen LogP contribution >= 0.6 is 0 Å². The number of halogens is 3. The van der Waals surface area contributed by atoms with Gasteiger partial charge in [0.25, 0.3) is 0 Å². The van der Waals surface area contributed by atoms with E-state index >= 15 is 0 Å². The summed E-state index contributed by atoms with van der Waals surface area (Å²) in [5, 5.41) is 3.14. The predicted octanol–water partition coefficient (Wildman–Crippen LogP) is 3.76. The monoisotopic (exact) mass is 276 g/mol. The van der Waals surface area contributed by atoms with Crippen molar-refractivity contribution in [2.75, 3.05) is 18.5 Å². The third kappa shape index (κ3) is 7.66. The Morgan fingerprint density at radius 1 is 1.37 bits per heavy atom. The van der Waals surface area contributed by atoms with Crippen molar-refractivity contribution in [3.05, 3.63) is 23.9 Å². The topological polar surface area (TPSA) is 34.1 Å². The van der Waals surface area contributed by atoms with E-state index in [2.05, 4.69) is 17.2 Å². The Morgan fingerprint density at radius 2 is 2.16 bits per heavy atom. The Labute approximate surface area is 111 Å². The van der Waals surface area contributed by atoms with E-state index in [1.165, 1.54) is 0 Å². The van der Waals surface area contributed by atoms with Crippen molar-refractivity contribution in [2.24, 2.45) is 0 Å². The molecule has 6 heteroatoms. The molecule has 0 saturated carbocycles. The SMILES string of the molecule is CCCNc1cc(COCCCC(F)(F)F)ccn1. The molecule has 108 valence electrons. The van der Waals surface area contributed by atoms with Crippen LogP contribution in [0, 0.1) is 0 Å². The highest BCUT2D eigenvalue weighted by Crippen LogP contribution is 2.21. The van der Waals surface area contributed by atoms with E-state index in [1.54, 1.807) is 12.3 Å². The maximum Gasteiger partial charge on any atom is 0.389 e. The second kappa shape index (κ2) is 7.99. The largest absolute Gasteiger partial charge is 0.389 e. The maximum atomic E-state index is 11.9. The highest BCUT2D eigenvalue weighted by molar-refractivity contribution is 5.37. The first-order valence-corrected chi connectivity index (χ1v) is 6.34. The molecular weight excluding hydrogens is 257 g/mol. The molecule has 0 aliphatic rings. The molecule has 0 bridgehead atoms. The van der Waals surface area contributed by atoms with Gasteiger partial charge < -0.3 is 10.1 Å². The van der Waals surface area contributed by atoms with E-state index < -0.39 is 12.6 Å². The molecule has 0 atom stereocenters. The fraction of sp³-hybridized carbons (Fsp3) is 0.615. The number of hydrogen-bond acceptors (Lipinski definition) is 3. The minimum absolute atomic E-state index is 0.00444. The lowest BCUT2D eigenvalue weighted by molar-refractivity contribution is -0.138. The Kier molecular flexibility index (Phi) is 6.62. The number of pyridine rings is 1. The van der Waals surface area contributed by atoms with Crippen LogP contribution in [0.15, 0.2) is 18.3 Å². The number of ether oxygens (including phenoxy) is 1. The van der Waals surface area contributed by atoms with E-state index in [0.29, 0.717) is 6.61 Å². The molecular formula is C13H19F3N2O. The molecule has 0 fully saturated rings. The van der Waals surface area contributed by atoms with Gasteiger partial charge in [-0.2, -0.15) is 13.2 Å². The van der Waals surface area contributed by atoms with Crippen molar-refractivity contribution >= 4 is 5.82 Å². The van der Waals surface area contributed by atoms with Crippen LogP contribution < -0.4 is 5.32 Å². The second-order valence-electron chi connectivity index (χ2n) is 4.25. The van der Waals surface area contributed by atoms with Crippen LogP contribution in [0.2, 0.25) is 0 Å². The first-order chi connectivity index (χ1) is 9.01. The average molecular weight is 276 g/mol. The van der Waals surface area contributed by atoms with Gasteiger partial charge in [0, 0.05) is 25.8 Å². The fourth-order valence-electron chi connectivity index (χ4n) is 1.48. The number of nitrogens with one attached hydrogen (secondary N) is 1. The van der Waals surface area contributed by atoms with Crippen LogP contribution in [0.25, 0.3) is 0 Å². The van der Waals surface area contributed by atoms with E-state index in [1.807, 2.05) is 6.07 Å². The van der Waals surface area contributed by atoms with E-state index in [9.17, 15) is 13.2 Å². The summed E-state index contributed by atoms with van der Waals surface area (Å²) in [7, 11) is 0. The minimum Gasteiger partial charge on any atom is -0.377 e. The fourth-order valence-corrected chi connectivity index (χ4v) is 1.48. The lowest BCUT2D eigenvalue weighted by atomic mass is 10.2. The van der Waals surface area contributed by atoms with Crippen LogP contribution in [0.4, 0.5) is 19.0 Å². The van der Waals surface area contributed by atoms with Crippen LogP contribution in [0.3, 0.4) is 0 Å². The molecule has 1 heterocycles. The number of hydrogen-bond donors (Lipinski definition) is 1. The Morgan fingerprint density at radius 3 is 2.84 bits per heavy atom. The third-order valence-electron chi connectivity index (χ3n) is 2.40. The van der Waals surface area contributed by atoms with E-state index in [-0.39, 0.29) is 13.0 Å². The van der Waals surface area contributed by atoms with Crippen molar-refractivity contribution in [3.63, 3.8) is 0 Å². The molecule has 0 spiro atoms. The molecule has 1 aromatic heterocycles. The summed E-state index contributed by atoms with van der Waals surface area (Å²) in [5.74, 6) is 0.762. The molecule has 19 heavy (non-hydrogen) atoms. The van der Waals surface area contributed by atoms with E-state index in [4.69, 9.17) is 4.74 Å². The average Bonchev–Trinajstić information content (AvgIpc) is 2.35. The zero-order chi connectivity index (χ0) is 14.1. The highest BCUT2D eigenvalue weighted by Gasteiger charge is 2.25. The van der Waals surface area contributed by atoms with Gasteiger partial charge in [0.15, 0.2) is 0 Å². The Hall–Kier alpha value is -1.30. The van der Waals surface area contributed by atoms with Crippen LogP contribution in [-0.2, 0) is 11.3 Å². The summed E-state index contributed by atoms with van der Waals surface area (Å²) >= 11 is 0. The number of aromatic nitrogens is 1. The molecule has 0 aliphatic heterocycles. The van der Waals surface area contributed by atoms with Gasteiger partial charge in [0.2, 0.25) is 0 Å². The maximum absolute atomic E-state index is 11.9. The summed E-state index contributed by atoms with van der Waals surface area (Å²) in [6.45, 7) is 3.31. The second-order valence-corrected chi connectivity index (χ2v) is 4.25. The molecule has 0 radical (unpaired) electrons. The van der Waals surface area contributed by atoms with Gasteiger partial charge in [-0.25, -0.2) is 4.98 Å². The lowest BCUT2D eigenvalue weighted by Gasteiger charge is -2.08. The van der Waals surface area contributed by atoms with Crippen LogP contribution in [-0.4, -0.2) is 24.3 Å². The van der Waals surface area contributed by atoms with Crippen LogP contribution in [0.5, 0.6) is 0 Å². The molecule has 1 N–H and O–H groups in total. The van der Waals surface area contributed by atoms with Crippen molar-refractivity contribution in [1.29, 1.82) is 0 Å². The van der Waals surface area contributed by atoms with Gasteiger partial charge in [-0.3, -0.25) is 0 Å². The van der Waals surface area contributed by atoms with Gasteiger partial charge in [-0.15, -0.1) is 0 Å². The van der Waals surface area contributed by atoms with Gasteiger partial charge in [0.1, 0.15) is 5.82 Å². The quantitative estimate of drug-likeness (QED) is 0.734. The van der Waals surface area contributed by atoms with Crippen molar-refractivity contribution in [2.45, 2.75) is 39.0 Å². The zero-order valence-electron chi connectivity index (χ0n) is 11.0. The number of anilines is 1. The highest BCUT2D eigenvalue weighted by atomic mass is 19.4. The molecule has 0 aromatic carbocycles. The van der Waals surface area contributed by atoms with E-state index in [0.717, 1.165) is 24.3 Å².